The second kappa shape index (κ2) is 8.64. The molecule has 0 atom stereocenters. The van der Waals surface area contributed by atoms with Gasteiger partial charge in [0.15, 0.2) is 0 Å². The molecular weight excluding hydrogens is 516 g/mol. The van der Waals surface area contributed by atoms with E-state index >= 15 is 0 Å². The molecule has 2 nitrogen and oxygen atoms in total. The largest absolute Gasteiger partial charge is 0.292 e. The van der Waals surface area contributed by atoms with Gasteiger partial charge in [-0.15, -0.1) is 11.3 Å². The molecule has 2 heterocycles. The van der Waals surface area contributed by atoms with Gasteiger partial charge in [0.2, 0.25) is 0 Å². The standard InChI is InChI=1S/C38H32N2S/c1-22(2)24-17-18-26-27-12-10-13-28(36(27)41-35(26)20-24)37-39-32-15-8-9-16-33(32)40(37)34-21-31-29(19-23(34)3)25-11-6-7-14-30(25)38(31,4)5/h6-22H,1-5H3/i22D. The fourth-order valence-corrected chi connectivity index (χ4v) is 8.07. The molecule has 2 aromatic heterocycles. The van der Waals surface area contributed by atoms with Crippen LogP contribution in [0.3, 0.4) is 0 Å². The van der Waals surface area contributed by atoms with Crippen LogP contribution in [0, 0.1) is 6.92 Å². The van der Waals surface area contributed by atoms with Gasteiger partial charge in [0, 0.05) is 32.5 Å². The predicted molar refractivity (Wildman–Crippen MR) is 176 cm³/mol. The van der Waals surface area contributed by atoms with E-state index in [1.165, 1.54) is 53.7 Å². The molecule has 1 aliphatic carbocycles. The molecule has 0 N–H and O–H groups in total. The van der Waals surface area contributed by atoms with Crippen molar-refractivity contribution in [3.8, 4) is 28.2 Å². The maximum Gasteiger partial charge on any atom is 0.147 e. The van der Waals surface area contributed by atoms with Gasteiger partial charge in [-0.2, -0.15) is 0 Å². The number of nitrogens with zero attached hydrogens (tertiary/aromatic N) is 2. The minimum Gasteiger partial charge on any atom is -0.292 e. The first-order valence-corrected chi connectivity index (χ1v) is 15.1. The van der Waals surface area contributed by atoms with Gasteiger partial charge in [-0.25, -0.2) is 4.98 Å². The van der Waals surface area contributed by atoms with Crippen LogP contribution in [0.2, 0.25) is 0 Å². The zero-order chi connectivity index (χ0) is 29.0. The van der Waals surface area contributed by atoms with E-state index in [1.807, 2.05) is 13.8 Å². The van der Waals surface area contributed by atoms with Crippen LogP contribution in [0.4, 0.5) is 0 Å². The SMILES string of the molecule is [2H]C(C)(C)c1ccc2c(c1)sc1c(-c3nc4ccccc4n3-c3cc4c(cc3C)-c3ccccc3C4(C)C)cccc12. The van der Waals surface area contributed by atoms with E-state index in [-0.39, 0.29) is 5.41 Å². The summed E-state index contributed by atoms with van der Waals surface area (Å²) in [6.45, 7) is 10.8. The van der Waals surface area contributed by atoms with Crippen molar-refractivity contribution in [1.82, 2.24) is 9.55 Å². The van der Waals surface area contributed by atoms with E-state index in [0.29, 0.717) is 0 Å². The van der Waals surface area contributed by atoms with Crippen LogP contribution < -0.4 is 0 Å². The van der Waals surface area contributed by atoms with E-state index in [2.05, 4.69) is 122 Å². The molecular formula is C38H32N2S. The Morgan fingerprint density at radius 3 is 2.41 bits per heavy atom. The summed E-state index contributed by atoms with van der Waals surface area (Å²) in [6, 6.07) is 35.2. The molecule has 200 valence electrons. The number of hydrogen-bond donors (Lipinski definition) is 0. The zero-order valence-corrected chi connectivity index (χ0v) is 24.9. The number of hydrogen-bond acceptors (Lipinski definition) is 2. The molecule has 7 aromatic rings. The van der Waals surface area contributed by atoms with Gasteiger partial charge in [0.1, 0.15) is 5.82 Å². The van der Waals surface area contributed by atoms with Crippen molar-refractivity contribution in [3.63, 3.8) is 0 Å². The third-order valence-corrected chi connectivity index (χ3v) is 10.2. The van der Waals surface area contributed by atoms with Crippen LogP contribution >= 0.6 is 11.3 Å². The zero-order valence-electron chi connectivity index (χ0n) is 25.0. The first-order valence-electron chi connectivity index (χ1n) is 14.8. The third kappa shape index (κ3) is 3.45. The monoisotopic (exact) mass is 549 g/mol. The summed E-state index contributed by atoms with van der Waals surface area (Å²) in [7, 11) is 0. The highest BCUT2D eigenvalue weighted by Gasteiger charge is 2.36. The average molecular weight is 550 g/mol. The average Bonchev–Trinajstić information content (AvgIpc) is 3.60. The van der Waals surface area contributed by atoms with Gasteiger partial charge in [0.05, 0.1) is 16.7 Å². The van der Waals surface area contributed by atoms with Crippen LogP contribution in [0.15, 0.2) is 97.1 Å². The lowest BCUT2D eigenvalue weighted by Crippen LogP contribution is -2.15. The third-order valence-electron chi connectivity index (χ3n) is 9.02. The van der Waals surface area contributed by atoms with E-state index in [1.54, 1.807) is 11.3 Å². The van der Waals surface area contributed by atoms with Crippen molar-refractivity contribution < 1.29 is 1.37 Å². The lowest BCUT2D eigenvalue weighted by Gasteiger charge is -2.23. The molecule has 0 amide bonds. The van der Waals surface area contributed by atoms with Gasteiger partial charge in [0.25, 0.3) is 0 Å². The minimum atomic E-state index is -0.639. The number of thiophene rings is 1. The highest BCUT2D eigenvalue weighted by molar-refractivity contribution is 7.26. The Morgan fingerprint density at radius 1 is 0.780 bits per heavy atom. The highest BCUT2D eigenvalue weighted by atomic mass is 32.1. The first-order chi connectivity index (χ1) is 20.1. The van der Waals surface area contributed by atoms with Crippen LogP contribution in [0.25, 0.3) is 59.4 Å². The van der Waals surface area contributed by atoms with E-state index in [9.17, 15) is 0 Å². The summed E-state index contributed by atoms with van der Waals surface area (Å²) >= 11 is 1.81. The molecule has 3 heteroatoms. The molecule has 0 bridgehead atoms. The fraction of sp³-hybridized carbons (Fsp3) is 0.184. The molecule has 8 rings (SSSR count). The summed E-state index contributed by atoms with van der Waals surface area (Å²) in [5, 5.41) is 2.48. The predicted octanol–water partition coefficient (Wildman–Crippen LogP) is 10.8. The molecule has 5 aromatic carbocycles. The van der Waals surface area contributed by atoms with Crippen LogP contribution in [-0.2, 0) is 5.41 Å². The summed E-state index contributed by atoms with van der Waals surface area (Å²) in [5.41, 5.74) is 12.0. The van der Waals surface area contributed by atoms with Crippen molar-refractivity contribution in [2.75, 3.05) is 0 Å². The molecule has 0 unspecified atom stereocenters. The lowest BCUT2D eigenvalue weighted by molar-refractivity contribution is 0.659. The molecule has 0 fully saturated rings. The van der Waals surface area contributed by atoms with Crippen LogP contribution in [0.1, 0.15) is 57.2 Å². The number of rotatable bonds is 3. The van der Waals surface area contributed by atoms with Crippen molar-refractivity contribution in [2.24, 2.45) is 0 Å². The van der Waals surface area contributed by atoms with E-state index < -0.39 is 5.89 Å². The van der Waals surface area contributed by atoms with Crippen molar-refractivity contribution >= 4 is 42.5 Å². The smallest absolute Gasteiger partial charge is 0.147 e. The summed E-state index contributed by atoms with van der Waals surface area (Å²) in [6.07, 6.45) is 0. The highest BCUT2D eigenvalue weighted by Crippen LogP contribution is 2.50. The molecule has 0 saturated heterocycles. The van der Waals surface area contributed by atoms with Crippen molar-refractivity contribution in [1.29, 1.82) is 0 Å². The van der Waals surface area contributed by atoms with Gasteiger partial charge < -0.3 is 0 Å². The van der Waals surface area contributed by atoms with E-state index in [4.69, 9.17) is 6.35 Å². The molecule has 1 aliphatic rings. The molecule has 0 spiro atoms. The Labute approximate surface area is 246 Å². The Balaban J connectivity index is 1.41. The molecule has 0 radical (unpaired) electrons. The summed E-state index contributed by atoms with van der Waals surface area (Å²) in [5.74, 6) is 0.324. The number of para-hydroxylation sites is 2. The normalized spacial score (nSPS) is 14.5. The van der Waals surface area contributed by atoms with Gasteiger partial charge >= 0.3 is 0 Å². The van der Waals surface area contributed by atoms with E-state index in [0.717, 1.165) is 28.0 Å². The maximum absolute atomic E-state index is 8.58. The van der Waals surface area contributed by atoms with Gasteiger partial charge in [-0.05, 0) is 82.6 Å². The van der Waals surface area contributed by atoms with Crippen LogP contribution in [0.5, 0.6) is 0 Å². The Morgan fingerprint density at radius 2 is 1.56 bits per heavy atom. The van der Waals surface area contributed by atoms with Crippen molar-refractivity contribution in [2.45, 2.75) is 45.9 Å². The molecule has 41 heavy (non-hydrogen) atoms. The number of aryl methyl sites for hydroxylation is 1. The first kappa shape index (κ1) is 23.5. The van der Waals surface area contributed by atoms with Gasteiger partial charge in [-0.1, -0.05) is 88.4 Å². The minimum absolute atomic E-state index is 0.0836. The lowest BCUT2D eigenvalue weighted by atomic mass is 9.82. The summed E-state index contributed by atoms with van der Waals surface area (Å²) in [4.78, 5) is 5.29. The second-order valence-electron chi connectivity index (χ2n) is 12.1. The Hall–Kier alpha value is -4.21. The second-order valence-corrected chi connectivity index (χ2v) is 13.2. The number of imidazole rings is 1. The van der Waals surface area contributed by atoms with Crippen LogP contribution in [-0.4, -0.2) is 9.55 Å². The fourth-order valence-electron chi connectivity index (χ4n) is 6.82. The topological polar surface area (TPSA) is 17.8 Å². The molecule has 0 saturated carbocycles. The van der Waals surface area contributed by atoms with Gasteiger partial charge in [-0.3, -0.25) is 4.57 Å². The maximum atomic E-state index is 8.58. The number of aromatic nitrogens is 2. The summed E-state index contributed by atoms with van der Waals surface area (Å²) < 4.78 is 13.4. The quantitative estimate of drug-likeness (QED) is 0.214. The number of fused-ring (bicyclic) bond motifs is 7. The molecule has 0 aliphatic heterocycles. The van der Waals surface area contributed by atoms with Crippen molar-refractivity contribution in [3.05, 3.63) is 119 Å². The Bertz CT molecular complexity index is 2220. The number of benzene rings is 5. The Kier molecular flexibility index (Phi) is 4.95.